The molecule has 0 saturated carbocycles. The maximum Gasteiger partial charge on any atom is 0.242 e. The van der Waals surface area contributed by atoms with Gasteiger partial charge in [0.2, 0.25) is 11.8 Å². The van der Waals surface area contributed by atoms with Crippen LogP contribution in [0.4, 0.5) is 0 Å². The molecule has 0 aromatic rings. The van der Waals surface area contributed by atoms with E-state index in [-0.39, 0.29) is 23.8 Å². The van der Waals surface area contributed by atoms with Gasteiger partial charge in [-0.05, 0) is 26.3 Å². The molecule has 2 N–H and O–H groups in total. The van der Waals surface area contributed by atoms with Gasteiger partial charge in [0.05, 0.1) is 5.92 Å². The van der Waals surface area contributed by atoms with E-state index < -0.39 is 0 Å². The zero-order chi connectivity index (χ0) is 11.5. The minimum Gasteiger partial charge on any atom is -0.353 e. The lowest BCUT2D eigenvalue weighted by Gasteiger charge is -2.36. The number of nitrogens with one attached hydrogen (secondary N) is 2. The summed E-state index contributed by atoms with van der Waals surface area (Å²) in [5.41, 5.74) is 0. The second kappa shape index (κ2) is 4.82. The van der Waals surface area contributed by atoms with Crippen molar-refractivity contribution in [2.75, 3.05) is 26.2 Å². The number of rotatable bonds is 1. The normalized spacial score (nSPS) is 31.1. The summed E-state index contributed by atoms with van der Waals surface area (Å²) in [4.78, 5) is 25.4. The van der Waals surface area contributed by atoms with Crippen molar-refractivity contribution in [2.24, 2.45) is 5.92 Å². The van der Waals surface area contributed by atoms with Crippen molar-refractivity contribution in [3.8, 4) is 0 Å². The molecule has 0 aromatic heterocycles. The van der Waals surface area contributed by atoms with Gasteiger partial charge in [0, 0.05) is 19.6 Å². The van der Waals surface area contributed by atoms with Crippen molar-refractivity contribution in [3.05, 3.63) is 0 Å². The third-order valence-corrected chi connectivity index (χ3v) is 3.43. The van der Waals surface area contributed by atoms with E-state index >= 15 is 0 Å². The number of nitrogens with zero attached hydrogens (tertiary/aromatic N) is 1. The van der Waals surface area contributed by atoms with Gasteiger partial charge in [-0.15, -0.1) is 0 Å². The highest BCUT2D eigenvalue weighted by molar-refractivity contribution is 5.89. The van der Waals surface area contributed by atoms with Crippen LogP contribution in [0.2, 0.25) is 0 Å². The molecule has 0 aromatic carbocycles. The van der Waals surface area contributed by atoms with E-state index in [0.29, 0.717) is 13.1 Å². The highest BCUT2D eigenvalue weighted by Gasteiger charge is 2.33. The van der Waals surface area contributed by atoms with Gasteiger partial charge in [-0.25, -0.2) is 0 Å². The summed E-state index contributed by atoms with van der Waals surface area (Å²) >= 11 is 0. The van der Waals surface area contributed by atoms with Gasteiger partial charge in [-0.1, -0.05) is 0 Å². The summed E-state index contributed by atoms with van der Waals surface area (Å²) in [5, 5.41) is 6.00. The van der Waals surface area contributed by atoms with E-state index in [1.807, 2.05) is 0 Å². The van der Waals surface area contributed by atoms with Crippen LogP contribution in [-0.2, 0) is 9.59 Å². The first-order valence-electron chi connectivity index (χ1n) is 5.99. The lowest BCUT2D eigenvalue weighted by atomic mass is 9.97. The second-order valence-corrected chi connectivity index (χ2v) is 4.54. The van der Waals surface area contributed by atoms with Crippen LogP contribution in [0.1, 0.15) is 19.8 Å². The summed E-state index contributed by atoms with van der Waals surface area (Å²) in [5.74, 6) is 0.153. The van der Waals surface area contributed by atoms with E-state index in [2.05, 4.69) is 10.6 Å². The monoisotopic (exact) mass is 225 g/mol. The van der Waals surface area contributed by atoms with Crippen LogP contribution < -0.4 is 10.6 Å². The molecule has 0 aliphatic carbocycles. The Morgan fingerprint density at radius 3 is 2.94 bits per heavy atom. The number of carbonyl (C=O) groups is 2. The highest BCUT2D eigenvalue weighted by atomic mass is 16.2. The van der Waals surface area contributed by atoms with Crippen LogP contribution in [0.25, 0.3) is 0 Å². The maximum absolute atomic E-state index is 12.2. The number of piperazine rings is 1. The smallest absolute Gasteiger partial charge is 0.242 e. The van der Waals surface area contributed by atoms with Crippen LogP contribution in [0.5, 0.6) is 0 Å². The molecule has 2 aliphatic rings. The van der Waals surface area contributed by atoms with Gasteiger partial charge in [-0.2, -0.15) is 0 Å². The van der Waals surface area contributed by atoms with Crippen LogP contribution >= 0.6 is 0 Å². The largest absolute Gasteiger partial charge is 0.353 e. The fourth-order valence-electron chi connectivity index (χ4n) is 2.38. The molecule has 90 valence electrons. The van der Waals surface area contributed by atoms with Crippen molar-refractivity contribution >= 4 is 11.8 Å². The molecule has 0 bridgehead atoms. The predicted molar refractivity (Wildman–Crippen MR) is 59.8 cm³/mol. The molecular formula is C11H19N3O2. The van der Waals surface area contributed by atoms with Gasteiger partial charge >= 0.3 is 0 Å². The molecule has 5 heteroatoms. The molecule has 2 amide bonds. The van der Waals surface area contributed by atoms with E-state index in [9.17, 15) is 9.59 Å². The van der Waals surface area contributed by atoms with Crippen LogP contribution in [0.3, 0.4) is 0 Å². The molecule has 16 heavy (non-hydrogen) atoms. The Labute approximate surface area is 95.6 Å². The molecule has 2 unspecified atom stereocenters. The van der Waals surface area contributed by atoms with Crippen molar-refractivity contribution in [2.45, 2.75) is 25.8 Å². The molecule has 2 fully saturated rings. The second-order valence-electron chi connectivity index (χ2n) is 4.54. The van der Waals surface area contributed by atoms with E-state index in [1.165, 1.54) is 0 Å². The van der Waals surface area contributed by atoms with Crippen molar-refractivity contribution in [1.82, 2.24) is 15.5 Å². The standard InChI is InChI=1S/C11H19N3O2/c1-8-10(15)13-5-6-14(8)11(16)9-3-2-4-12-7-9/h8-9,12H,2-7H2,1H3,(H,13,15). The average Bonchev–Trinajstić information content (AvgIpc) is 2.33. The summed E-state index contributed by atoms with van der Waals surface area (Å²) < 4.78 is 0. The minimum absolute atomic E-state index is 0.0385. The van der Waals surface area contributed by atoms with Gasteiger partial charge in [0.1, 0.15) is 6.04 Å². The van der Waals surface area contributed by atoms with Crippen LogP contribution in [-0.4, -0.2) is 48.9 Å². The van der Waals surface area contributed by atoms with Crippen molar-refractivity contribution < 1.29 is 9.59 Å². The molecule has 2 saturated heterocycles. The first kappa shape index (κ1) is 11.4. The summed E-state index contributed by atoms with van der Waals surface area (Å²) in [6.07, 6.45) is 1.99. The van der Waals surface area contributed by atoms with Crippen LogP contribution in [0, 0.1) is 5.92 Å². The van der Waals surface area contributed by atoms with Gasteiger partial charge in [0.15, 0.2) is 0 Å². The van der Waals surface area contributed by atoms with Gasteiger partial charge in [0.25, 0.3) is 0 Å². The van der Waals surface area contributed by atoms with Crippen molar-refractivity contribution in [1.29, 1.82) is 0 Å². The number of hydrogen-bond acceptors (Lipinski definition) is 3. The summed E-state index contributed by atoms with van der Waals surface area (Å²) in [7, 11) is 0. The predicted octanol–water partition coefficient (Wildman–Crippen LogP) is -0.667. The van der Waals surface area contributed by atoms with E-state index in [4.69, 9.17) is 0 Å². The van der Waals surface area contributed by atoms with Crippen LogP contribution in [0.15, 0.2) is 0 Å². The Hall–Kier alpha value is -1.10. The lowest BCUT2D eigenvalue weighted by molar-refractivity contribution is -0.145. The Balaban J connectivity index is 1.99. The Bertz CT molecular complexity index is 287. The number of hydrogen-bond donors (Lipinski definition) is 2. The molecular weight excluding hydrogens is 206 g/mol. The topological polar surface area (TPSA) is 61.4 Å². The molecule has 0 radical (unpaired) electrons. The zero-order valence-corrected chi connectivity index (χ0v) is 9.66. The third kappa shape index (κ3) is 2.19. The Morgan fingerprint density at radius 2 is 2.25 bits per heavy atom. The SMILES string of the molecule is CC1C(=O)NCCN1C(=O)C1CCCNC1. The average molecular weight is 225 g/mol. The molecule has 2 rings (SSSR count). The van der Waals surface area contributed by atoms with E-state index in [1.54, 1.807) is 11.8 Å². The number of carbonyl (C=O) groups excluding carboxylic acids is 2. The van der Waals surface area contributed by atoms with Gasteiger partial charge < -0.3 is 15.5 Å². The zero-order valence-electron chi connectivity index (χ0n) is 9.66. The highest BCUT2D eigenvalue weighted by Crippen LogP contribution is 2.16. The van der Waals surface area contributed by atoms with Gasteiger partial charge in [-0.3, -0.25) is 9.59 Å². The maximum atomic E-state index is 12.2. The lowest BCUT2D eigenvalue weighted by Crippen LogP contribution is -2.58. The molecule has 5 nitrogen and oxygen atoms in total. The summed E-state index contributed by atoms with van der Waals surface area (Å²) in [6, 6.07) is -0.317. The number of amides is 2. The fourth-order valence-corrected chi connectivity index (χ4v) is 2.38. The third-order valence-electron chi connectivity index (χ3n) is 3.43. The molecule has 2 heterocycles. The minimum atomic E-state index is -0.317. The fraction of sp³-hybridized carbons (Fsp3) is 0.818. The number of piperidine rings is 1. The Morgan fingerprint density at radius 1 is 1.44 bits per heavy atom. The first-order chi connectivity index (χ1) is 7.70. The Kier molecular flexibility index (Phi) is 3.43. The summed E-state index contributed by atoms with van der Waals surface area (Å²) in [6.45, 7) is 4.77. The molecule has 0 spiro atoms. The molecule has 2 aliphatic heterocycles. The molecule has 2 atom stereocenters. The van der Waals surface area contributed by atoms with Crippen molar-refractivity contribution in [3.63, 3.8) is 0 Å². The quantitative estimate of drug-likeness (QED) is 0.622. The first-order valence-corrected chi connectivity index (χ1v) is 5.99. The van der Waals surface area contributed by atoms with E-state index in [0.717, 1.165) is 25.9 Å².